The van der Waals surface area contributed by atoms with E-state index in [1.165, 1.54) is 6.20 Å². The van der Waals surface area contributed by atoms with Gasteiger partial charge in [-0.1, -0.05) is 23.8 Å². The van der Waals surface area contributed by atoms with Crippen LogP contribution in [0.15, 0.2) is 42.6 Å². The van der Waals surface area contributed by atoms with E-state index in [4.69, 9.17) is 5.26 Å². The van der Waals surface area contributed by atoms with Gasteiger partial charge in [0.2, 0.25) is 0 Å². The molecule has 2 aromatic rings. The van der Waals surface area contributed by atoms with E-state index in [-0.39, 0.29) is 30.0 Å². The smallest absolute Gasteiger partial charge is 0.270 e. The maximum Gasteiger partial charge on any atom is 0.270 e. The standard InChI is InChI=1S/C17H15N3O2/c1-12-5-2-6-13(11-12)16(21)14-7-3-9-19-15(14)17(22)20-10-4-8-18/h2-3,5-7,9,11H,4,10H2,1H3,(H,20,22). The van der Waals surface area contributed by atoms with E-state index in [0.717, 1.165) is 5.56 Å². The molecule has 1 aromatic heterocycles. The van der Waals surface area contributed by atoms with Crippen LogP contribution in [0.5, 0.6) is 0 Å². The summed E-state index contributed by atoms with van der Waals surface area (Å²) in [4.78, 5) is 28.7. The van der Waals surface area contributed by atoms with Gasteiger partial charge in [-0.2, -0.15) is 5.26 Å². The first kappa shape index (κ1) is 15.4. The number of carbonyl (C=O) groups excluding carboxylic acids is 2. The van der Waals surface area contributed by atoms with Gasteiger partial charge in [-0.3, -0.25) is 14.6 Å². The number of aryl methyl sites for hydroxylation is 1. The van der Waals surface area contributed by atoms with Crippen molar-refractivity contribution in [2.75, 3.05) is 6.54 Å². The molecule has 22 heavy (non-hydrogen) atoms. The zero-order chi connectivity index (χ0) is 15.9. The first-order valence-electron chi connectivity index (χ1n) is 6.85. The number of ketones is 1. The number of nitrogens with zero attached hydrogens (tertiary/aromatic N) is 2. The van der Waals surface area contributed by atoms with Crippen LogP contribution in [-0.4, -0.2) is 23.2 Å². The van der Waals surface area contributed by atoms with Crippen molar-refractivity contribution in [2.45, 2.75) is 13.3 Å². The molecule has 0 aliphatic carbocycles. The number of aromatic nitrogens is 1. The fourth-order valence-electron chi connectivity index (χ4n) is 2.03. The number of hydrogen-bond donors (Lipinski definition) is 1. The van der Waals surface area contributed by atoms with Crippen LogP contribution in [0.3, 0.4) is 0 Å². The third-order valence-electron chi connectivity index (χ3n) is 3.07. The van der Waals surface area contributed by atoms with Gasteiger partial charge in [0, 0.05) is 18.3 Å². The van der Waals surface area contributed by atoms with Crippen LogP contribution in [0.2, 0.25) is 0 Å². The van der Waals surface area contributed by atoms with E-state index < -0.39 is 5.91 Å². The van der Waals surface area contributed by atoms with E-state index in [2.05, 4.69) is 10.3 Å². The van der Waals surface area contributed by atoms with Crippen molar-refractivity contribution in [2.24, 2.45) is 0 Å². The Labute approximate surface area is 128 Å². The number of carbonyl (C=O) groups is 2. The van der Waals surface area contributed by atoms with E-state index in [1.807, 2.05) is 19.1 Å². The molecule has 1 N–H and O–H groups in total. The van der Waals surface area contributed by atoms with Crippen molar-refractivity contribution in [3.05, 3.63) is 65.0 Å². The normalized spacial score (nSPS) is 9.82. The number of nitrogens with one attached hydrogen (secondary N) is 1. The minimum absolute atomic E-state index is 0.0759. The second kappa shape index (κ2) is 7.14. The number of amides is 1. The maximum atomic E-state index is 12.6. The lowest BCUT2D eigenvalue weighted by molar-refractivity contribution is 0.0937. The van der Waals surface area contributed by atoms with Gasteiger partial charge in [-0.15, -0.1) is 0 Å². The first-order valence-corrected chi connectivity index (χ1v) is 6.85. The summed E-state index contributed by atoms with van der Waals surface area (Å²) >= 11 is 0. The second-order valence-electron chi connectivity index (χ2n) is 4.76. The molecule has 110 valence electrons. The lowest BCUT2D eigenvalue weighted by Gasteiger charge is -2.08. The molecule has 2 rings (SSSR count). The summed E-state index contributed by atoms with van der Waals surface area (Å²) < 4.78 is 0. The third-order valence-corrected chi connectivity index (χ3v) is 3.07. The Morgan fingerprint density at radius 3 is 2.82 bits per heavy atom. The lowest BCUT2D eigenvalue weighted by atomic mass is 10.00. The molecule has 0 aliphatic rings. The molecule has 0 bridgehead atoms. The zero-order valence-electron chi connectivity index (χ0n) is 12.2. The molecule has 0 atom stereocenters. The molecule has 1 amide bonds. The van der Waals surface area contributed by atoms with Crippen molar-refractivity contribution in [1.82, 2.24) is 10.3 Å². The highest BCUT2D eigenvalue weighted by Gasteiger charge is 2.19. The average molecular weight is 293 g/mol. The highest BCUT2D eigenvalue weighted by atomic mass is 16.2. The molecule has 0 saturated heterocycles. The Morgan fingerprint density at radius 2 is 2.09 bits per heavy atom. The molecule has 1 aromatic carbocycles. The lowest BCUT2D eigenvalue weighted by Crippen LogP contribution is -2.27. The summed E-state index contributed by atoms with van der Waals surface area (Å²) in [6.45, 7) is 2.12. The van der Waals surface area contributed by atoms with Crippen molar-refractivity contribution in [3.63, 3.8) is 0 Å². The Balaban J connectivity index is 2.30. The summed E-state index contributed by atoms with van der Waals surface area (Å²) in [6.07, 6.45) is 1.67. The predicted octanol–water partition coefficient (Wildman–Crippen LogP) is 2.26. The Bertz CT molecular complexity index is 748. The Kier molecular flexibility index (Phi) is 4.99. The highest BCUT2D eigenvalue weighted by molar-refractivity contribution is 6.14. The quantitative estimate of drug-likeness (QED) is 0.677. The molecule has 0 aliphatic heterocycles. The van der Waals surface area contributed by atoms with Gasteiger partial charge in [0.1, 0.15) is 5.69 Å². The molecule has 0 fully saturated rings. The Hall–Kier alpha value is -3.00. The summed E-state index contributed by atoms with van der Waals surface area (Å²) in [7, 11) is 0. The van der Waals surface area contributed by atoms with Gasteiger partial charge in [-0.25, -0.2) is 0 Å². The summed E-state index contributed by atoms with van der Waals surface area (Å²) in [5.74, 6) is -0.700. The van der Waals surface area contributed by atoms with Crippen molar-refractivity contribution >= 4 is 11.7 Å². The van der Waals surface area contributed by atoms with E-state index in [1.54, 1.807) is 30.3 Å². The molecule has 0 radical (unpaired) electrons. The largest absolute Gasteiger partial charge is 0.350 e. The number of pyridine rings is 1. The van der Waals surface area contributed by atoms with E-state index in [9.17, 15) is 9.59 Å². The number of benzene rings is 1. The number of rotatable bonds is 5. The number of hydrogen-bond acceptors (Lipinski definition) is 4. The predicted molar refractivity (Wildman–Crippen MR) is 81.4 cm³/mol. The van der Waals surface area contributed by atoms with Crippen molar-refractivity contribution < 1.29 is 9.59 Å². The molecule has 0 saturated carbocycles. The molecule has 0 spiro atoms. The fourth-order valence-corrected chi connectivity index (χ4v) is 2.03. The SMILES string of the molecule is Cc1cccc(C(=O)c2cccnc2C(=O)NCCC#N)c1. The van der Waals surface area contributed by atoms with Gasteiger partial charge in [0.25, 0.3) is 5.91 Å². The van der Waals surface area contributed by atoms with Gasteiger partial charge < -0.3 is 5.32 Å². The van der Waals surface area contributed by atoms with Gasteiger partial charge in [-0.05, 0) is 25.1 Å². The number of nitriles is 1. The third kappa shape index (κ3) is 3.55. The van der Waals surface area contributed by atoms with Gasteiger partial charge >= 0.3 is 0 Å². The fraction of sp³-hybridized carbons (Fsp3) is 0.176. The highest BCUT2D eigenvalue weighted by Crippen LogP contribution is 2.14. The van der Waals surface area contributed by atoms with Crippen LogP contribution >= 0.6 is 0 Å². The molecule has 5 nitrogen and oxygen atoms in total. The summed E-state index contributed by atoms with van der Waals surface area (Å²) in [6, 6.07) is 12.3. The van der Waals surface area contributed by atoms with Gasteiger partial charge in [0.15, 0.2) is 5.78 Å². The zero-order valence-corrected chi connectivity index (χ0v) is 12.2. The van der Waals surface area contributed by atoms with Crippen LogP contribution in [0.1, 0.15) is 38.4 Å². The topological polar surface area (TPSA) is 82.8 Å². The van der Waals surface area contributed by atoms with Crippen LogP contribution < -0.4 is 5.32 Å². The van der Waals surface area contributed by atoms with Crippen LogP contribution in [0.4, 0.5) is 0 Å². The molecule has 5 heteroatoms. The monoisotopic (exact) mass is 293 g/mol. The van der Waals surface area contributed by atoms with E-state index >= 15 is 0 Å². The van der Waals surface area contributed by atoms with Gasteiger partial charge in [0.05, 0.1) is 18.1 Å². The second-order valence-corrected chi connectivity index (χ2v) is 4.76. The van der Waals surface area contributed by atoms with Crippen molar-refractivity contribution in [1.29, 1.82) is 5.26 Å². The first-order chi connectivity index (χ1) is 10.6. The van der Waals surface area contributed by atoms with Crippen LogP contribution in [-0.2, 0) is 0 Å². The summed E-state index contributed by atoms with van der Waals surface area (Å²) in [5.41, 5.74) is 1.81. The minimum Gasteiger partial charge on any atom is -0.350 e. The molecule has 0 unspecified atom stereocenters. The van der Waals surface area contributed by atoms with Crippen LogP contribution in [0, 0.1) is 18.3 Å². The Morgan fingerprint density at radius 1 is 1.27 bits per heavy atom. The average Bonchev–Trinajstić information content (AvgIpc) is 2.54. The van der Waals surface area contributed by atoms with E-state index in [0.29, 0.717) is 5.56 Å². The minimum atomic E-state index is -0.452. The van der Waals surface area contributed by atoms with Crippen LogP contribution in [0.25, 0.3) is 0 Å². The summed E-state index contributed by atoms with van der Waals surface area (Å²) in [5, 5.41) is 11.1. The molecular weight excluding hydrogens is 278 g/mol. The van der Waals surface area contributed by atoms with Crippen molar-refractivity contribution in [3.8, 4) is 6.07 Å². The molecule has 1 heterocycles. The maximum absolute atomic E-state index is 12.6. The molecular formula is C17H15N3O2.